The first-order valence-corrected chi connectivity index (χ1v) is 5.62. The van der Waals surface area contributed by atoms with E-state index in [0.29, 0.717) is 0 Å². The number of hydrogen-bond acceptors (Lipinski definition) is 5. The molecule has 0 radical (unpaired) electrons. The van der Waals surface area contributed by atoms with E-state index < -0.39 is 11.8 Å². The van der Waals surface area contributed by atoms with Crippen LogP contribution in [0.1, 0.15) is 18.1 Å². The normalized spacial score (nSPS) is 11.1. The van der Waals surface area contributed by atoms with Crippen molar-refractivity contribution in [3.8, 4) is 0 Å². The van der Waals surface area contributed by atoms with E-state index in [1.54, 1.807) is 6.92 Å². The molecule has 0 atom stereocenters. The van der Waals surface area contributed by atoms with Gasteiger partial charge in [-0.3, -0.25) is 4.79 Å². The second-order valence-electron chi connectivity index (χ2n) is 3.78. The molecule has 0 aliphatic heterocycles. The molecule has 2 N–H and O–H groups in total. The third-order valence-electron chi connectivity index (χ3n) is 2.35. The second kappa shape index (κ2) is 6.54. The van der Waals surface area contributed by atoms with Crippen LogP contribution < -0.4 is 5.84 Å². The summed E-state index contributed by atoms with van der Waals surface area (Å²) < 4.78 is 4.70. The molecule has 0 aromatic heterocycles. The van der Waals surface area contributed by atoms with Crippen molar-refractivity contribution >= 4 is 17.5 Å². The van der Waals surface area contributed by atoms with Crippen molar-refractivity contribution in [2.75, 3.05) is 6.61 Å². The lowest BCUT2D eigenvalue weighted by molar-refractivity contribution is -0.135. The smallest absolute Gasteiger partial charge is 0.362 e. The number of aryl methyl sites for hydroxylation is 1. The molecule has 0 unspecified atom stereocenters. The first-order valence-electron chi connectivity index (χ1n) is 5.62. The van der Waals surface area contributed by atoms with Crippen molar-refractivity contribution in [3.63, 3.8) is 0 Å². The predicted molar refractivity (Wildman–Crippen MR) is 68.1 cm³/mol. The fourth-order valence-corrected chi connectivity index (χ4v) is 1.41. The fourth-order valence-electron chi connectivity index (χ4n) is 1.41. The van der Waals surface area contributed by atoms with Gasteiger partial charge < -0.3 is 10.6 Å². The summed E-state index contributed by atoms with van der Waals surface area (Å²) in [6, 6.07) is 7.44. The monoisotopic (exact) mass is 248 g/mol. The van der Waals surface area contributed by atoms with Crippen LogP contribution in [0, 0.1) is 6.92 Å². The van der Waals surface area contributed by atoms with Crippen LogP contribution in [0.25, 0.3) is 0 Å². The van der Waals surface area contributed by atoms with Crippen LogP contribution in [-0.4, -0.2) is 24.1 Å². The van der Waals surface area contributed by atoms with Crippen LogP contribution in [0.2, 0.25) is 0 Å². The first kappa shape index (κ1) is 13.9. The summed E-state index contributed by atoms with van der Waals surface area (Å²) in [5.74, 6) is 3.82. The van der Waals surface area contributed by atoms with Gasteiger partial charge >= 0.3 is 5.97 Å². The van der Waals surface area contributed by atoms with E-state index >= 15 is 0 Å². The van der Waals surface area contributed by atoms with Crippen LogP contribution in [-0.2, 0) is 20.7 Å². The topological polar surface area (TPSA) is 81.8 Å². The van der Waals surface area contributed by atoms with Crippen LogP contribution in [0.15, 0.2) is 29.4 Å². The van der Waals surface area contributed by atoms with E-state index in [-0.39, 0.29) is 18.7 Å². The van der Waals surface area contributed by atoms with E-state index in [2.05, 4.69) is 5.10 Å². The minimum atomic E-state index is -0.780. The van der Waals surface area contributed by atoms with Crippen molar-refractivity contribution in [1.29, 1.82) is 0 Å². The maximum Gasteiger partial charge on any atom is 0.362 e. The zero-order valence-electron chi connectivity index (χ0n) is 10.5. The molecule has 0 saturated carbocycles. The molecule has 5 nitrogen and oxygen atoms in total. The Bertz CT molecular complexity index is 464. The van der Waals surface area contributed by atoms with Crippen LogP contribution >= 0.6 is 0 Å². The highest BCUT2D eigenvalue weighted by Gasteiger charge is 2.21. The number of hydrogen-bond donors (Lipinski definition) is 1. The molecule has 0 saturated heterocycles. The minimum absolute atomic E-state index is 0.0785. The maximum absolute atomic E-state index is 11.8. The largest absolute Gasteiger partial charge is 0.461 e. The molecule has 0 aliphatic carbocycles. The lowest BCUT2D eigenvalue weighted by Crippen LogP contribution is -2.29. The second-order valence-corrected chi connectivity index (χ2v) is 3.78. The number of nitrogens with zero attached hydrogens (tertiary/aromatic N) is 1. The van der Waals surface area contributed by atoms with Gasteiger partial charge in [-0.15, -0.1) is 0 Å². The summed E-state index contributed by atoms with van der Waals surface area (Å²) in [4.78, 5) is 23.2. The van der Waals surface area contributed by atoms with Gasteiger partial charge in [0.2, 0.25) is 5.71 Å². The summed E-state index contributed by atoms with van der Waals surface area (Å²) in [7, 11) is 0. The van der Waals surface area contributed by atoms with Gasteiger partial charge in [-0.05, 0) is 19.4 Å². The molecular formula is C13H16N2O3. The van der Waals surface area contributed by atoms with Crippen molar-refractivity contribution in [2.24, 2.45) is 10.9 Å². The third kappa shape index (κ3) is 3.69. The summed E-state index contributed by atoms with van der Waals surface area (Å²) in [6.45, 7) is 3.78. The molecule has 1 aromatic carbocycles. The molecule has 18 heavy (non-hydrogen) atoms. The average Bonchev–Trinajstić information content (AvgIpc) is 2.33. The molecule has 1 rings (SSSR count). The molecular weight excluding hydrogens is 232 g/mol. The number of carbonyl (C=O) groups excluding carboxylic acids is 2. The van der Waals surface area contributed by atoms with Crippen molar-refractivity contribution in [1.82, 2.24) is 0 Å². The Kier molecular flexibility index (Phi) is 5.05. The third-order valence-corrected chi connectivity index (χ3v) is 2.35. The Morgan fingerprint density at radius 2 is 1.89 bits per heavy atom. The average molecular weight is 248 g/mol. The molecule has 0 heterocycles. The molecule has 1 aromatic rings. The minimum Gasteiger partial charge on any atom is -0.461 e. The Morgan fingerprint density at radius 3 is 2.39 bits per heavy atom. The van der Waals surface area contributed by atoms with Gasteiger partial charge in [0, 0.05) is 6.42 Å². The van der Waals surface area contributed by atoms with E-state index in [4.69, 9.17) is 10.6 Å². The summed E-state index contributed by atoms with van der Waals surface area (Å²) in [5, 5.41) is 3.21. The Hall–Kier alpha value is -2.17. The number of esters is 1. The predicted octanol–water partition coefficient (Wildman–Crippen LogP) is 0.984. The number of benzene rings is 1. The van der Waals surface area contributed by atoms with Crippen molar-refractivity contribution < 1.29 is 14.3 Å². The summed E-state index contributed by atoms with van der Waals surface area (Å²) in [6.07, 6.45) is 0.0785. The number of carbonyl (C=O) groups is 2. The lowest BCUT2D eigenvalue weighted by atomic mass is 10.0. The quantitative estimate of drug-likeness (QED) is 0.277. The molecule has 5 heteroatoms. The van der Waals surface area contributed by atoms with Gasteiger partial charge in [0.15, 0.2) is 5.78 Å². The SMILES string of the molecule is CCOC(=O)C(=NN)C(=O)Cc1ccc(C)cc1. The van der Waals surface area contributed by atoms with Crippen LogP contribution in [0.5, 0.6) is 0 Å². The number of ether oxygens (including phenoxy) is 1. The molecule has 0 fully saturated rings. The molecule has 0 aliphatic rings. The number of hydrazone groups is 1. The Morgan fingerprint density at radius 1 is 1.28 bits per heavy atom. The summed E-state index contributed by atoms with van der Waals surface area (Å²) >= 11 is 0. The highest BCUT2D eigenvalue weighted by molar-refractivity contribution is 6.64. The van der Waals surface area contributed by atoms with Gasteiger partial charge in [0.1, 0.15) is 0 Å². The van der Waals surface area contributed by atoms with Gasteiger partial charge in [-0.25, -0.2) is 4.79 Å². The fraction of sp³-hybridized carbons (Fsp3) is 0.308. The zero-order chi connectivity index (χ0) is 13.5. The van der Waals surface area contributed by atoms with E-state index in [1.807, 2.05) is 31.2 Å². The van der Waals surface area contributed by atoms with Gasteiger partial charge in [0.05, 0.1) is 6.61 Å². The number of Topliss-reactive ketones (excluding diaryl/α,β-unsaturated/α-hetero) is 1. The summed E-state index contributed by atoms with van der Waals surface area (Å²) in [5.41, 5.74) is 1.55. The van der Waals surface area contributed by atoms with Crippen LogP contribution in [0.4, 0.5) is 0 Å². The van der Waals surface area contributed by atoms with E-state index in [1.165, 1.54) is 0 Å². The van der Waals surface area contributed by atoms with Gasteiger partial charge in [0.25, 0.3) is 0 Å². The van der Waals surface area contributed by atoms with Crippen molar-refractivity contribution in [2.45, 2.75) is 20.3 Å². The Balaban J connectivity index is 2.75. The van der Waals surface area contributed by atoms with E-state index in [0.717, 1.165) is 11.1 Å². The highest BCUT2D eigenvalue weighted by Crippen LogP contribution is 2.05. The maximum atomic E-state index is 11.8. The Labute approximate surface area is 106 Å². The number of rotatable bonds is 5. The number of nitrogens with two attached hydrogens (primary N) is 1. The van der Waals surface area contributed by atoms with E-state index in [9.17, 15) is 9.59 Å². The number of ketones is 1. The first-order chi connectivity index (χ1) is 8.58. The zero-order valence-corrected chi connectivity index (χ0v) is 10.5. The lowest BCUT2D eigenvalue weighted by Gasteiger charge is -2.04. The van der Waals surface area contributed by atoms with Crippen molar-refractivity contribution in [3.05, 3.63) is 35.4 Å². The molecule has 96 valence electrons. The molecule has 0 spiro atoms. The van der Waals surface area contributed by atoms with Gasteiger partial charge in [-0.2, -0.15) is 5.10 Å². The molecule has 0 bridgehead atoms. The molecule has 0 amide bonds. The van der Waals surface area contributed by atoms with Gasteiger partial charge in [-0.1, -0.05) is 29.8 Å². The standard InChI is InChI=1S/C13H16N2O3/c1-3-18-13(17)12(15-14)11(16)8-10-6-4-9(2)5-7-10/h4-7H,3,8,14H2,1-2H3. The van der Waals surface area contributed by atoms with Crippen LogP contribution in [0.3, 0.4) is 0 Å². The highest BCUT2D eigenvalue weighted by atomic mass is 16.5.